The number of anilines is 2. The third-order valence-corrected chi connectivity index (χ3v) is 2.45. The van der Waals surface area contributed by atoms with Crippen molar-refractivity contribution >= 4 is 11.9 Å². The Morgan fingerprint density at radius 2 is 2.26 bits per heavy atom. The topological polar surface area (TPSA) is 110 Å². The summed E-state index contributed by atoms with van der Waals surface area (Å²) in [6, 6.07) is 3.93. The maximum atomic E-state index is 8.82. The van der Waals surface area contributed by atoms with Gasteiger partial charge in [-0.3, -0.25) is 0 Å². The van der Waals surface area contributed by atoms with Crippen LogP contribution in [0.5, 0.6) is 0 Å². The molecule has 0 amide bonds. The van der Waals surface area contributed by atoms with Gasteiger partial charge in [0.05, 0.1) is 12.0 Å². The zero-order valence-electron chi connectivity index (χ0n) is 10.7. The lowest BCUT2D eigenvalue weighted by atomic mass is 10.2. The molecule has 0 aliphatic carbocycles. The molecule has 2 aromatic heterocycles. The minimum atomic E-state index is -0.129. The van der Waals surface area contributed by atoms with Gasteiger partial charge < -0.3 is 10.6 Å². The Morgan fingerprint density at radius 3 is 2.89 bits per heavy atom. The summed E-state index contributed by atoms with van der Waals surface area (Å²) in [5, 5.41) is 12.9. The number of rotatable bonds is 4. The fraction of sp³-hybridized carbons (Fsp3) is 0.364. The lowest BCUT2D eigenvalue weighted by Gasteiger charge is -2.18. The van der Waals surface area contributed by atoms with Crippen molar-refractivity contribution in [2.75, 3.05) is 24.2 Å². The van der Waals surface area contributed by atoms with E-state index >= 15 is 0 Å². The maximum absolute atomic E-state index is 8.82. The number of nitrogen functional groups attached to an aromatic ring is 1. The Labute approximate surface area is 110 Å². The fourth-order valence-corrected chi connectivity index (χ4v) is 1.56. The van der Waals surface area contributed by atoms with Gasteiger partial charge in [0.1, 0.15) is 0 Å². The predicted molar refractivity (Wildman–Crippen MR) is 69.4 cm³/mol. The molecule has 98 valence electrons. The highest BCUT2D eigenvalue weighted by atomic mass is 15.4. The molecule has 0 spiro atoms. The van der Waals surface area contributed by atoms with Crippen molar-refractivity contribution in [3.8, 4) is 12.0 Å². The quantitative estimate of drug-likeness (QED) is 0.836. The number of hydrogen-bond donors (Lipinski definition) is 1. The molecule has 0 aliphatic rings. The molecular formula is C11H14N8. The lowest BCUT2D eigenvalue weighted by Crippen LogP contribution is -2.26. The highest BCUT2D eigenvalue weighted by Crippen LogP contribution is 2.11. The first-order valence-corrected chi connectivity index (χ1v) is 5.72. The van der Waals surface area contributed by atoms with E-state index in [2.05, 4.69) is 26.1 Å². The van der Waals surface area contributed by atoms with Crippen molar-refractivity contribution in [2.45, 2.75) is 6.92 Å². The van der Waals surface area contributed by atoms with Crippen LogP contribution in [-0.4, -0.2) is 38.3 Å². The van der Waals surface area contributed by atoms with Gasteiger partial charge in [0, 0.05) is 26.0 Å². The monoisotopic (exact) mass is 258 g/mol. The molecule has 2 rings (SSSR count). The summed E-state index contributed by atoms with van der Waals surface area (Å²) in [5.74, 6) is 0.757. The zero-order valence-corrected chi connectivity index (χ0v) is 10.7. The number of nitrogens with two attached hydrogens (primary N) is 1. The van der Waals surface area contributed by atoms with E-state index in [1.165, 1.54) is 4.68 Å². The summed E-state index contributed by atoms with van der Waals surface area (Å²) in [6.45, 7) is 2.34. The number of nitriles is 1. The zero-order chi connectivity index (χ0) is 13.8. The molecule has 1 atom stereocenters. The van der Waals surface area contributed by atoms with Crippen LogP contribution in [0.4, 0.5) is 11.9 Å². The summed E-state index contributed by atoms with van der Waals surface area (Å²) < 4.78 is 1.50. The first kappa shape index (κ1) is 12.8. The lowest BCUT2D eigenvalue weighted by molar-refractivity contribution is 0.694. The van der Waals surface area contributed by atoms with Gasteiger partial charge in [-0.15, -0.1) is 0 Å². The van der Waals surface area contributed by atoms with Gasteiger partial charge in [0.25, 0.3) is 5.95 Å². The Morgan fingerprint density at radius 1 is 1.47 bits per heavy atom. The molecule has 8 nitrogen and oxygen atoms in total. The van der Waals surface area contributed by atoms with Crippen LogP contribution in [0.25, 0.3) is 5.95 Å². The molecule has 19 heavy (non-hydrogen) atoms. The van der Waals surface area contributed by atoms with E-state index in [4.69, 9.17) is 11.0 Å². The smallest absolute Gasteiger partial charge is 0.257 e. The second kappa shape index (κ2) is 5.30. The van der Waals surface area contributed by atoms with Gasteiger partial charge >= 0.3 is 0 Å². The van der Waals surface area contributed by atoms with E-state index in [9.17, 15) is 0 Å². The van der Waals surface area contributed by atoms with Crippen LogP contribution in [0.2, 0.25) is 0 Å². The molecule has 1 unspecified atom stereocenters. The number of hydrogen-bond acceptors (Lipinski definition) is 7. The molecule has 8 heteroatoms. The molecule has 0 bridgehead atoms. The first-order valence-electron chi connectivity index (χ1n) is 5.72. The van der Waals surface area contributed by atoms with Crippen LogP contribution in [0.3, 0.4) is 0 Å². The molecule has 0 aliphatic heterocycles. The van der Waals surface area contributed by atoms with Gasteiger partial charge in [-0.2, -0.15) is 25.3 Å². The molecule has 0 radical (unpaired) electrons. The van der Waals surface area contributed by atoms with E-state index in [0.29, 0.717) is 18.4 Å². The maximum Gasteiger partial charge on any atom is 0.257 e. The molecule has 0 fully saturated rings. The van der Waals surface area contributed by atoms with Crippen LogP contribution in [0, 0.1) is 17.2 Å². The molecule has 0 aromatic carbocycles. The standard InChI is InChI=1S/C11H14N8/c1-8(6-12)7-18(2)10-15-9(13)16-11(17-10)19-5-3-4-14-19/h3-5,8H,7H2,1-2H3,(H2,13,15,16,17). The van der Waals surface area contributed by atoms with Crippen LogP contribution >= 0.6 is 0 Å². The highest BCUT2D eigenvalue weighted by molar-refractivity contribution is 5.37. The van der Waals surface area contributed by atoms with Crippen LogP contribution in [0.15, 0.2) is 18.5 Å². The molecule has 0 saturated carbocycles. The molecule has 0 saturated heterocycles. The minimum Gasteiger partial charge on any atom is -0.368 e. The Bertz CT molecular complexity index is 585. The van der Waals surface area contributed by atoms with Gasteiger partial charge in [0.15, 0.2) is 0 Å². The van der Waals surface area contributed by atoms with E-state index in [-0.39, 0.29) is 11.9 Å². The Kier molecular flexibility index (Phi) is 3.56. The van der Waals surface area contributed by atoms with Crippen LogP contribution in [0.1, 0.15) is 6.92 Å². The molecule has 2 N–H and O–H groups in total. The second-order valence-electron chi connectivity index (χ2n) is 4.15. The third-order valence-electron chi connectivity index (χ3n) is 2.45. The van der Waals surface area contributed by atoms with Crippen molar-refractivity contribution in [3.05, 3.63) is 18.5 Å². The van der Waals surface area contributed by atoms with Crippen molar-refractivity contribution in [2.24, 2.45) is 5.92 Å². The number of nitrogens with zero attached hydrogens (tertiary/aromatic N) is 7. The second-order valence-corrected chi connectivity index (χ2v) is 4.15. The fourth-order valence-electron chi connectivity index (χ4n) is 1.56. The van der Waals surface area contributed by atoms with Crippen LogP contribution in [-0.2, 0) is 0 Å². The summed E-state index contributed by atoms with van der Waals surface area (Å²) in [5.41, 5.74) is 5.67. The molecule has 2 aromatic rings. The average molecular weight is 258 g/mol. The van der Waals surface area contributed by atoms with E-state index < -0.39 is 0 Å². The third kappa shape index (κ3) is 2.95. The average Bonchev–Trinajstić information content (AvgIpc) is 2.91. The van der Waals surface area contributed by atoms with E-state index in [0.717, 1.165) is 0 Å². The summed E-state index contributed by atoms with van der Waals surface area (Å²) >= 11 is 0. The van der Waals surface area contributed by atoms with Crippen molar-refractivity contribution in [1.29, 1.82) is 5.26 Å². The largest absolute Gasteiger partial charge is 0.368 e. The van der Waals surface area contributed by atoms with Gasteiger partial charge in [-0.25, -0.2) is 4.68 Å². The minimum absolute atomic E-state index is 0.118. The summed E-state index contributed by atoms with van der Waals surface area (Å²) in [4.78, 5) is 14.1. The Balaban J connectivity index is 2.29. The highest BCUT2D eigenvalue weighted by Gasteiger charge is 2.12. The van der Waals surface area contributed by atoms with Crippen molar-refractivity contribution in [1.82, 2.24) is 24.7 Å². The van der Waals surface area contributed by atoms with E-state index in [1.807, 2.05) is 6.92 Å². The normalized spacial score (nSPS) is 11.8. The van der Waals surface area contributed by atoms with Gasteiger partial charge in [-0.1, -0.05) is 0 Å². The van der Waals surface area contributed by atoms with Crippen LogP contribution < -0.4 is 10.6 Å². The SMILES string of the molecule is CC(C#N)CN(C)c1nc(N)nc(-n2cccn2)n1. The summed E-state index contributed by atoms with van der Waals surface area (Å²) in [6.07, 6.45) is 3.34. The Hall–Kier alpha value is -2.69. The first-order chi connectivity index (χ1) is 9.10. The predicted octanol–water partition coefficient (Wildman–Crippen LogP) is 0.235. The van der Waals surface area contributed by atoms with Crippen molar-refractivity contribution < 1.29 is 0 Å². The van der Waals surface area contributed by atoms with Gasteiger partial charge in [-0.05, 0) is 13.0 Å². The summed E-state index contributed by atoms with van der Waals surface area (Å²) in [7, 11) is 1.80. The van der Waals surface area contributed by atoms with E-state index in [1.54, 1.807) is 30.4 Å². The molecular weight excluding hydrogens is 244 g/mol. The molecule has 2 heterocycles. The number of aromatic nitrogens is 5. The van der Waals surface area contributed by atoms with Gasteiger partial charge in [0.2, 0.25) is 11.9 Å². The van der Waals surface area contributed by atoms with Crippen molar-refractivity contribution in [3.63, 3.8) is 0 Å².